The Labute approximate surface area is 237 Å². The van der Waals surface area contributed by atoms with Crippen LogP contribution in [-0.2, 0) is 23.9 Å². The number of non-ortho nitro benzene ring substituents is 1. The molecule has 0 saturated heterocycles. The molecule has 0 aromatic heterocycles. The fourth-order valence-electron chi connectivity index (χ4n) is 4.45. The van der Waals surface area contributed by atoms with Crippen molar-refractivity contribution >= 4 is 41.0 Å². The molecule has 1 saturated carbocycles. The van der Waals surface area contributed by atoms with Crippen LogP contribution < -0.4 is 27.4 Å². The molecule has 0 aliphatic heterocycles. The lowest BCUT2D eigenvalue weighted by molar-refractivity contribution is -0.384. The summed E-state index contributed by atoms with van der Waals surface area (Å²) in [5.41, 5.74) is 9.11. The zero-order chi connectivity index (χ0) is 31.0. The van der Waals surface area contributed by atoms with Crippen LogP contribution in [0.25, 0.3) is 0 Å². The molecule has 1 aromatic carbocycles. The molecule has 1 aliphatic rings. The Morgan fingerprint density at radius 2 is 1.76 bits per heavy atom. The lowest BCUT2D eigenvalue weighted by Crippen LogP contribution is -2.65. The highest BCUT2D eigenvalue weighted by Gasteiger charge is 2.49. The van der Waals surface area contributed by atoms with Crippen LogP contribution in [0.2, 0.25) is 0 Å². The van der Waals surface area contributed by atoms with Crippen molar-refractivity contribution in [3.05, 3.63) is 34.4 Å². The van der Waals surface area contributed by atoms with Crippen LogP contribution >= 0.6 is 0 Å². The normalized spacial score (nSPS) is 14.3. The van der Waals surface area contributed by atoms with Crippen LogP contribution in [-0.4, -0.2) is 83.1 Å². The Bertz CT molecular complexity index is 1060. The molecule has 2 rings (SSSR count). The van der Waals surface area contributed by atoms with Crippen molar-refractivity contribution in [1.29, 1.82) is 5.41 Å². The predicted octanol–water partition coefficient (Wildman–Crippen LogP) is 0.466. The van der Waals surface area contributed by atoms with Crippen LogP contribution in [0.4, 0.5) is 11.4 Å². The molecule has 16 heteroatoms. The molecule has 3 amide bonds. The molecule has 41 heavy (non-hydrogen) atoms. The molecule has 0 heterocycles. The van der Waals surface area contributed by atoms with E-state index in [4.69, 9.17) is 31.5 Å². The van der Waals surface area contributed by atoms with Crippen molar-refractivity contribution in [3.8, 4) is 0 Å². The summed E-state index contributed by atoms with van der Waals surface area (Å²) in [5.74, 6) is -2.73. The second kappa shape index (κ2) is 17.4. The maximum absolute atomic E-state index is 13.8. The fourth-order valence-corrected chi connectivity index (χ4v) is 4.45. The fraction of sp³-hybridized carbons (Fsp3) is 0.560. The molecule has 1 aliphatic carbocycles. The highest BCUT2D eigenvalue weighted by molar-refractivity contribution is 6.00. The van der Waals surface area contributed by atoms with E-state index in [9.17, 15) is 24.5 Å². The predicted molar refractivity (Wildman–Crippen MR) is 150 cm³/mol. The third kappa shape index (κ3) is 11.4. The van der Waals surface area contributed by atoms with Crippen LogP contribution in [0.1, 0.15) is 51.9 Å². The van der Waals surface area contributed by atoms with Gasteiger partial charge in [-0.25, -0.2) is 0 Å². The lowest BCUT2D eigenvalue weighted by atomic mass is 9.90. The van der Waals surface area contributed by atoms with E-state index in [1.807, 2.05) is 0 Å². The van der Waals surface area contributed by atoms with E-state index in [1.54, 1.807) is 0 Å². The first-order valence-electron chi connectivity index (χ1n) is 13.0. The molecule has 16 nitrogen and oxygen atoms in total. The van der Waals surface area contributed by atoms with E-state index in [1.165, 1.54) is 36.3 Å². The third-order valence-corrected chi connectivity index (χ3v) is 6.26. The Hall–Kier alpha value is -4.31. The van der Waals surface area contributed by atoms with E-state index in [0.717, 1.165) is 26.2 Å². The summed E-state index contributed by atoms with van der Waals surface area (Å²) >= 11 is 0. The van der Waals surface area contributed by atoms with Crippen molar-refractivity contribution in [2.24, 2.45) is 11.5 Å². The number of hydrogen-bond acceptors (Lipinski definition) is 9. The Morgan fingerprint density at radius 3 is 2.24 bits per heavy atom. The van der Waals surface area contributed by atoms with Crippen molar-refractivity contribution in [2.45, 2.75) is 63.6 Å². The minimum absolute atomic E-state index is 0.0513. The van der Waals surface area contributed by atoms with Gasteiger partial charge in [0.05, 0.1) is 18.0 Å². The number of carboxylic acid groups (broad SMARTS) is 1. The minimum atomic E-state index is -1.77. The first-order valence-corrected chi connectivity index (χ1v) is 13.0. The van der Waals surface area contributed by atoms with Crippen molar-refractivity contribution < 1.29 is 33.9 Å². The quantitative estimate of drug-likeness (QED) is 0.0421. The standard InChI is InChI=1S/C23H36N8O6.C2H4O2/c1-37-23(12-5-13-27-22(25)26,21(34)29-16-8-10-18(11-9-16)31(35)36)30(17-6-3-2-4-7-17)20(33)15-28-19(32)14-24;1-2(3)4/h8-11,17H,2-7,12-15,24H2,1H3,(H,28,32)(H,29,34)(H4,25,26,27);1H3,(H,3,4)/t23-;/m1./s1. The number of carboxylic acids is 1. The number of amides is 3. The van der Waals surface area contributed by atoms with Gasteiger partial charge >= 0.3 is 0 Å². The smallest absolute Gasteiger partial charge is 0.300 e. The number of nitrogens with one attached hydrogen (secondary N) is 4. The summed E-state index contributed by atoms with van der Waals surface area (Å²) in [6.07, 6.45) is 4.39. The number of anilines is 1. The van der Waals surface area contributed by atoms with Crippen molar-refractivity contribution in [1.82, 2.24) is 15.5 Å². The number of aliphatic carboxylic acids is 1. The summed E-state index contributed by atoms with van der Waals surface area (Å²) in [6.45, 7) is 0.680. The zero-order valence-electron chi connectivity index (χ0n) is 23.3. The average molecular weight is 581 g/mol. The summed E-state index contributed by atoms with van der Waals surface area (Å²) in [6, 6.07) is 4.98. The van der Waals surface area contributed by atoms with Gasteiger partial charge in [0.15, 0.2) is 5.96 Å². The molecule has 0 spiro atoms. The molecular formula is C25H40N8O8. The number of carbonyl (C=O) groups is 4. The van der Waals surface area contributed by atoms with Gasteiger partial charge < -0.3 is 42.2 Å². The number of carbonyl (C=O) groups excluding carboxylic acids is 3. The van der Waals surface area contributed by atoms with Gasteiger partial charge in [-0.3, -0.25) is 34.7 Å². The van der Waals surface area contributed by atoms with Crippen molar-refractivity contribution in [3.63, 3.8) is 0 Å². The number of nitrogens with zero attached hydrogens (tertiary/aromatic N) is 2. The third-order valence-electron chi connectivity index (χ3n) is 6.26. The van der Waals surface area contributed by atoms with Gasteiger partial charge in [0, 0.05) is 50.9 Å². The molecule has 0 radical (unpaired) electrons. The number of benzene rings is 1. The summed E-state index contributed by atoms with van der Waals surface area (Å²) in [5, 5.41) is 33.7. The van der Waals surface area contributed by atoms with E-state index in [0.29, 0.717) is 19.3 Å². The highest BCUT2D eigenvalue weighted by atomic mass is 16.6. The Kier molecular flexibility index (Phi) is 14.7. The number of hydrogen-bond donors (Lipinski definition) is 7. The average Bonchev–Trinajstić information content (AvgIpc) is 2.93. The minimum Gasteiger partial charge on any atom is -0.481 e. The first-order chi connectivity index (χ1) is 19.4. The summed E-state index contributed by atoms with van der Waals surface area (Å²) in [4.78, 5) is 60.0. The maximum atomic E-state index is 13.8. The zero-order valence-corrected chi connectivity index (χ0v) is 23.3. The van der Waals surface area contributed by atoms with Crippen LogP contribution in [0.3, 0.4) is 0 Å². The highest BCUT2D eigenvalue weighted by Crippen LogP contribution is 2.33. The van der Waals surface area contributed by atoms with Crippen LogP contribution in [0, 0.1) is 15.5 Å². The number of nitrogens with two attached hydrogens (primary N) is 2. The second-order valence-corrected chi connectivity index (χ2v) is 9.25. The first kappa shape index (κ1) is 34.7. The van der Waals surface area contributed by atoms with Gasteiger partial charge in [0.25, 0.3) is 17.6 Å². The van der Waals surface area contributed by atoms with Gasteiger partial charge in [-0.2, -0.15) is 0 Å². The molecule has 1 atom stereocenters. The number of rotatable bonds is 13. The Balaban J connectivity index is 0.00000196. The number of methoxy groups -OCH3 is 1. The number of nitro benzene ring substituents is 1. The van der Waals surface area contributed by atoms with Crippen LogP contribution in [0.5, 0.6) is 0 Å². The maximum Gasteiger partial charge on any atom is 0.300 e. The topological polar surface area (TPSA) is 256 Å². The molecular weight excluding hydrogens is 540 g/mol. The van der Waals surface area contributed by atoms with Gasteiger partial charge in [0.1, 0.15) is 0 Å². The molecule has 0 bridgehead atoms. The summed E-state index contributed by atoms with van der Waals surface area (Å²) in [7, 11) is 1.33. The van der Waals surface area contributed by atoms with Gasteiger partial charge in [0.2, 0.25) is 17.5 Å². The van der Waals surface area contributed by atoms with Gasteiger partial charge in [-0.15, -0.1) is 0 Å². The lowest BCUT2D eigenvalue weighted by Gasteiger charge is -2.46. The van der Waals surface area contributed by atoms with Gasteiger partial charge in [-0.05, 0) is 31.4 Å². The van der Waals surface area contributed by atoms with Crippen LogP contribution in [0.15, 0.2) is 24.3 Å². The number of ether oxygens (including phenoxy) is 1. The SMILES string of the molecule is CC(=O)O.CO[C@](CCCNC(=N)N)(C(=O)Nc1ccc([N+](=O)[O-])cc1)N(C(=O)CNC(=O)CN)C1CCCCC1. The molecule has 228 valence electrons. The molecule has 0 unspecified atom stereocenters. The van der Waals surface area contributed by atoms with Gasteiger partial charge in [-0.1, -0.05) is 19.3 Å². The largest absolute Gasteiger partial charge is 0.481 e. The van der Waals surface area contributed by atoms with E-state index in [-0.39, 0.29) is 49.4 Å². The molecule has 1 aromatic rings. The van der Waals surface area contributed by atoms with E-state index >= 15 is 0 Å². The van der Waals surface area contributed by atoms with E-state index < -0.39 is 34.3 Å². The monoisotopic (exact) mass is 580 g/mol. The van der Waals surface area contributed by atoms with E-state index in [2.05, 4.69) is 16.0 Å². The summed E-state index contributed by atoms with van der Waals surface area (Å²) < 4.78 is 5.85. The van der Waals surface area contributed by atoms with Crippen molar-refractivity contribution in [2.75, 3.05) is 32.1 Å². The molecule has 1 fully saturated rings. The Morgan fingerprint density at radius 1 is 1.17 bits per heavy atom. The second-order valence-electron chi connectivity index (χ2n) is 9.25. The molecule has 9 N–H and O–H groups in total. The number of guanidine groups is 1. The number of nitro groups is 1.